The highest BCUT2D eigenvalue weighted by molar-refractivity contribution is 5.46. The van der Waals surface area contributed by atoms with E-state index in [1.807, 2.05) is 25.1 Å². The van der Waals surface area contributed by atoms with Crippen molar-refractivity contribution in [3.8, 4) is 0 Å². The molecule has 1 aliphatic rings. The van der Waals surface area contributed by atoms with Crippen molar-refractivity contribution in [2.24, 2.45) is 0 Å². The lowest BCUT2D eigenvalue weighted by atomic mass is 9.87. The Morgan fingerprint density at radius 2 is 1.84 bits per heavy atom. The zero-order valence-corrected chi connectivity index (χ0v) is 10.6. The van der Waals surface area contributed by atoms with E-state index in [1.165, 1.54) is 6.07 Å². The molecule has 1 N–H and O–H groups in total. The van der Waals surface area contributed by atoms with Crippen LogP contribution in [-0.4, -0.2) is 5.11 Å². The van der Waals surface area contributed by atoms with Crippen LogP contribution in [0.4, 0.5) is 8.78 Å². The number of rotatable bonds is 1. The summed E-state index contributed by atoms with van der Waals surface area (Å²) < 4.78 is 26.4. The molecule has 19 heavy (non-hydrogen) atoms. The van der Waals surface area contributed by atoms with Crippen molar-refractivity contribution < 1.29 is 13.9 Å². The van der Waals surface area contributed by atoms with Crippen molar-refractivity contribution in [2.45, 2.75) is 25.4 Å². The largest absolute Gasteiger partial charge is 0.380 e. The predicted molar refractivity (Wildman–Crippen MR) is 68.9 cm³/mol. The van der Waals surface area contributed by atoms with Crippen LogP contribution in [-0.2, 0) is 12.0 Å². The van der Waals surface area contributed by atoms with Gasteiger partial charge < -0.3 is 5.11 Å². The molecule has 0 spiro atoms. The molecule has 1 unspecified atom stereocenters. The van der Waals surface area contributed by atoms with E-state index in [1.54, 1.807) is 0 Å². The van der Waals surface area contributed by atoms with Crippen LogP contribution in [0, 0.1) is 18.6 Å². The zero-order chi connectivity index (χ0) is 13.6. The van der Waals surface area contributed by atoms with Gasteiger partial charge in [0.1, 0.15) is 5.60 Å². The molecule has 1 nitrogen and oxygen atoms in total. The van der Waals surface area contributed by atoms with Crippen LogP contribution in [0.2, 0.25) is 0 Å². The van der Waals surface area contributed by atoms with Crippen LogP contribution in [0.25, 0.3) is 0 Å². The first-order chi connectivity index (χ1) is 9.00. The first kappa shape index (κ1) is 12.3. The molecule has 1 atom stereocenters. The van der Waals surface area contributed by atoms with Crippen LogP contribution >= 0.6 is 0 Å². The average Bonchev–Trinajstić information content (AvgIpc) is 2.72. The van der Waals surface area contributed by atoms with Crippen LogP contribution in [0.5, 0.6) is 0 Å². The standard InChI is InChI=1S/C16H14F2O/c1-10-2-3-11-6-7-16(19,13(11)8-10)12-4-5-14(17)15(18)9-12/h2-5,8-9,19H,6-7H2,1H3. The molecule has 0 aromatic heterocycles. The van der Waals surface area contributed by atoms with E-state index < -0.39 is 17.2 Å². The maximum Gasteiger partial charge on any atom is 0.159 e. The van der Waals surface area contributed by atoms with Crippen LogP contribution in [0.15, 0.2) is 36.4 Å². The number of halogens is 2. The number of fused-ring (bicyclic) bond motifs is 1. The van der Waals surface area contributed by atoms with E-state index >= 15 is 0 Å². The smallest absolute Gasteiger partial charge is 0.159 e. The van der Waals surface area contributed by atoms with E-state index in [9.17, 15) is 13.9 Å². The Hall–Kier alpha value is -1.74. The Balaban J connectivity index is 2.15. The molecule has 0 radical (unpaired) electrons. The van der Waals surface area contributed by atoms with Crippen LogP contribution < -0.4 is 0 Å². The van der Waals surface area contributed by atoms with Gasteiger partial charge in [-0.15, -0.1) is 0 Å². The highest BCUT2D eigenvalue weighted by atomic mass is 19.2. The molecule has 0 saturated heterocycles. The van der Waals surface area contributed by atoms with Crippen molar-refractivity contribution in [1.82, 2.24) is 0 Å². The first-order valence-electron chi connectivity index (χ1n) is 6.28. The van der Waals surface area contributed by atoms with Crippen LogP contribution in [0.3, 0.4) is 0 Å². The van der Waals surface area contributed by atoms with Gasteiger partial charge in [0.05, 0.1) is 0 Å². The monoisotopic (exact) mass is 260 g/mol. The van der Waals surface area contributed by atoms with E-state index in [2.05, 4.69) is 0 Å². The Bertz CT molecular complexity index is 651. The SMILES string of the molecule is Cc1ccc2c(c1)C(O)(c1ccc(F)c(F)c1)CC2. The lowest BCUT2D eigenvalue weighted by Gasteiger charge is -2.25. The maximum absolute atomic E-state index is 13.4. The molecule has 0 bridgehead atoms. The summed E-state index contributed by atoms with van der Waals surface area (Å²) in [5, 5.41) is 10.9. The van der Waals surface area contributed by atoms with Gasteiger partial charge in [-0.2, -0.15) is 0 Å². The quantitative estimate of drug-likeness (QED) is 0.832. The number of benzene rings is 2. The normalized spacial score (nSPS) is 21.5. The molecule has 0 amide bonds. The Kier molecular flexibility index (Phi) is 2.68. The molecule has 0 saturated carbocycles. The van der Waals surface area contributed by atoms with Crippen molar-refractivity contribution in [1.29, 1.82) is 0 Å². The van der Waals surface area contributed by atoms with Gasteiger partial charge in [0.25, 0.3) is 0 Å². The van der Waals surface area contributed by atoms with Gasteiger partial charge in [-0.05, 0) is 48.6 Å². The zero-order valence-electron chi connectivity index (χ0n) is 10.6. The third-order valence-electron chi connectivity index (χ3n) is 3.86. The minimum atomic E-state index is -1.21. The lowest BCUT2D eigenvalue weighted by Crippen LogP contribution is -2.24. The fourth-order valence-corrected chi connectivity index (χ4v) is 2.80. The molecule has 98 valence electrons. The minimum Gasteiger partial charge on any atom is -0.380 e. The fraction of sp³-hybridized carbons (Fsp3) is 0.250. The second-order valence-corrected chi connectivity index (χ2v) is 5.15. The second kappa shape index (κ2) is 4.14. The molecule has 0 fully saturated rings. The van der Waals surface area contributed by atoms with Crippen molar-refractivity contribution >= 4 is 0 Å². The third-order valence-corrected chi connectivity index (χ3v) is 3.86. The molecular formula is C16H14F2O. The molecule has 3 rings (SSSR count). The summed E-state index contributed by atoms with van der Waals surface area (Å²) in [5.74, 6) is -1.82. The summed E-state index contributed by atoms with van der Waals surface area (Å²) in [4.78, 5) is 0. The molecule has 0 aliphatic heterocycles. The van der Waals surface area contributed by atoms with Gasteiger partial charge in [-0.25, -0.2) is 8.78 Å². The first-order valence-corrected chi connectivity index (χ1v) is 6.28. The van der Waals surface area contributed by atoms with Gasteiger partial charge >= 0.3 is 0 Å². The summed E-state index contributed by atoms with van der Waals surface area (Å²) in [6.45, 7) is 1.95. The summed E-state index contributed by atoms with van der Waals surface area (Å²) in [6.07, 6.45) is 1.24. The maximum atomic E-state index is 13.4. The van der Waals surface area contributed by atoms with Gasteiger partial charge in [-0.3, -0.25) is 0 Å². The van der Waals surface area contributed by atoms with Gasteiger partial charge in [0, 0.05) is 0 Å². The summed E-state index contributed by atoms with van der Waals surface area (Å²) in [6, 6.07) is 9.51. The minimum absolute atomic E-state index is 0.413. The predicted octanol–water partition coefficient (Wildman–Crippen LogP) is 3.46. The van der Waals surface area contributed by atoms with Crippen molar-refractivity contribution in [3.63, 3.8) is 0 Å². The Morgan fingerprint density at radius 3 is 2.58 bits per heavy atom. The summed E-state index contributed by atoms with van der Waals surface area (Å²) in [7, 11) is 0. The van der Waals surface area contributed by atoms with Gasteiger partial charge in [0.15, 0.2) is 11.6 Å². The van der Waals surface area contributed by atoms with Crippen molar-refractivity contribution in [2.75, 3.05) is 0 Å². The highest BCUT2D eigenvalue weighted by Crippen LogP contribution is 2.42. The van der Waals surface area contributed by atoms with Crippen molar-refractivity contribution in [3.05, 3.63) is 70.3 Å². The molecule has 2 aromatic carbocycles. The number of hydrogen-bond acceptors (Lipinski definition) is 1. The van der Waals surface area contributed by atoms with E-state index in [0.717, 1.165) is 35.2 Å². The fourth-order valence-electron chi connectivity index (χ4n) is 2.80. The molecular weight excluding hydrogens is 246 g/mol. The highest BCUT2D eigenvalue weighted by Gasteiger charge is 2.38. The molecule has 2 aromatic rings. The number of hydrogen-bond donors (Lipinski definition) is 1. The second-order valence-electron chi connectivity index (χ2n) is 5.15. The van der Waals surface area contributed by atoms with E-state index in [4.69, 9.17) is 0 Å². The third kappa shape index (κ3) is 1.85. The topological polar surface area (TPSA) is 20.2 Å². The lowest BCUT2D eigenvalue weighted by molar-refractivity contribution is 0.0824. The number of aryl methyl sites for hydroxylation is 2. The van der Waals surface area contributed by atoms with Crippen LogP contribution in [0.1, 0.15) is 28.7 Å². The Morgan fingerprint density at radius 1 is 1.05 bits per heavy atom. The van der Waals surface area contributed by atoms with E-state index in [0.29, 0.717) is 12.0 Å². The summed E-state index contributed by atoms with van der Waals surface area (Å²) in [5.41, 5.74) is 2.12. The molecule has 0 heterocycles. The molecule has 1 aliphatic carbocycles. The van der Waals surface area contributed by atoms with Gasteiger partial charge in [-0.1, -0.05) is 29.8 Å². The molecule has 3 heteroatoms. The summed E-state index contributed by atoms with van der Waals surface area (Å²) >= 11 is 0. The number of aliphatic hydroxyl groups is 1. The van der Waals surface area contributed by atoms with Gasteiger partial charge in [0.2, 0.25) is 0 Å². The van der Waals surface area contributed by atoms with E-state index in [-0.39, 0.29) is 0 Å². The average molecular weight is 260 g/mol. The Labute approximate surface area is 110 Å².